The molecule has 3 atom stereocenters. The minimum absolute atomic E-state index is 0.0542. The molecule has 1 N–H and O–H groups in total. The zero-order valence-electron chi connectivity index (χ0n) is 16.3. The summed E-state index contributed by atoms with van der Waals surface area (Å²) in [5, 5.41) is 3.79. The summed E-state index contributed by atoms with van der Waals surface area (Å²) >= 11 is 7.63. The first-order valence-electron chi connectivity index (χ1n) is 10.0. The smallest absolute Gasteiger partial charge is 0.262 e. The number of halogens is 2. The van der Waals surface area contributed by atoms with Crippen LogP contribution in [0.15, 0.2) is 53.4 Å². The first kappa shape index (κ1) is 20.3. The summed E-state index contributed by atoms with van der Waals surface area (Å²) in [5.41, 5.74) is 0.991. The number of carbonyl (C=O) groups is 1. The molecular formula is C23H24ClFN2OS. The standard InChI is InChI=1S/C23H24ClFN2OS/c1-15-8-5-6-13-20(15)27-22(28)21(14-17-18(24)11-7-12-19(17)25)29-23(27)26-16-9-3-2-4-10-16/h2-4,7,9-12,14-15,20,23,26H,5-6,8,13H2,1H3/b21-14-/t15-,20-,23?/m1/s1. The quantitative estimate of drug-likeness (QED) is 0.572. The predicted octanol–water partition coefficient (Wildman–Crippen LogP) is 6.37. The molecule has 0 radical (unpaired) electrons. The average Bonchev–Trinajstić information content (AvgIpc) is 3.01. The minimum atomic E-state index is -0.421. The van der Waals surface area contributed by atoms with Gasteiger partial charge >= 0.3 is 0 Å². The Morgan fingerprint density at radius 2 is 1.90 bits per heavy atom. The van der Waals surface area contributed by atoms with Crippen LogP contribution in [0, 0.1) is 11.7 Å². The Morgan fingerprint density at radius 1 is 1.14 bits per heavy atom. The summed E-state index contributed by atoms with van der Waals surface area (Å²) in [6.07, 6.45) is 6.04. The monoisotopic (exact) mass is 430 g/mol. The van der Waals surface area contributed by atoms with Gasteiger partial charge in [-0.2, -0.15) is 0 Å². The number of amides is 1. The second kappa shape index (κ2) is 8.80. The summed E-state index contributed by atoms with van der Waals surface area (Å²) in [4.78, 5) is 15.9. The molecule has 2 aliphatic rings. The molecule has 6 heteroatoms. The molecule has 4 rings (SSSR count). The van der Waals surface area contributed by atoms with Crippen LogP contribution in [0.1, 0.15) is 38.2 Å². The third kappa shape index (κ3) is 4.31. The highest BCUT2D eigenvalue weighted by atomic mass is 35.5. The maximum absolute atomic E-state index is 14.3. The molecule has 2 aromatic rings. The van der Waals surface area contributed by atoms with E-state index in [9.17, 15) is 9.18 Å². The molecule has 152 valence electrons. The third-order valence-electron chi connectivity index (χ3n) is 5.70. The Morgan fingerprint density at radius 3 is 2.62 bits per heavy atom. The summed E-state index contributed by atoms with van der Waals surface area (Å²) in [6.45, 7) is 2.22. The highest BCUT2D eigenvalue weighted by Crippen LogP contribution is 2.42. The normalized spacial score (nSPS) is 26.2. The number of thioether (sulfide) groups is 1. The third-order valence-corrected chi connectivity index (χ3v) is 7.14. The van der Waals surface area contributed by atoms with Crippen molar-refractivity contribution in [2.24, 2.45) is 5.92 Å². The van der Waals surface area contributed by atoms with Gasteiger partial charge in [0, 0.05) is 17.3 Å². The number of benzene rings is 2. The van der Waals surface area contributed by atoms with Crippen LogP contribution in [0.2, 0.25) is 5.02 Å². The van der Waals surface area contributed by atoms with E-state index in [0.717, 1.165) is 24.9 Å². The van der Waals surface area contributed by atoms with E-state index in [1.165, 1.54) is 24.2 Å². The Hall–Kier alpha value is -1.98. The molecule has 29 heavy (non-hydrogen) atoms. The maximum atomic E-state index is 14.3. The largest absolute Gasteiger partial charge is 0.356 e. The van der Waals surface area contributed by atoms with Gasteiger partial charge in [0.15, 0.2) is 5.50 Å². The van der Waals surface area contributed by atoms with Crippen molar-refractivity contribution in [1.29, 1.82) is 0 Å². The predicted molar refractivity (Wildman–Crippen MR) is 119 cm³/mol. The van der Waals surface area contributed by atoms with Gasteiger partial charge in [0.05, 0.1) is 9.93 Å². The first-order valence-corrected chi connectivity index (χ1v) is 11.3. The van der Waals surface area contributed by atoms with Gasteiger partial charge in [0.2, 0.25) is 0 Å². The number of nitrogens with one attached hydrogen (secondary N) is 1. The first-order chi connectivity index (χ1) is 14.0. The van der Waals surface area contributed by atoms with Gasteiger partial charge in [-0.3, -0.25) is 4.79 Å². The lowest BCUT2D eigenvalue weighted by Crippen LogP contribution is -2.48. The molecule has 1 unspecified atom stereocenters. The topological polar surface area (TPSA) is 32.3 Å². The molecule has 1 aliphatic carbocycles. The van der Waals surface area contributed by atoms with Crippen LogP contribution < -0.4 is 5.32 Å². The van der Waals surface area contributed by atoms with Gasteiger partial charge in [-0.25, -0.2) is 4.39 Å². The molecule has 1 heterocycles. The van der Waals surface area contributed by atoms with Gasteiger partial charge in [-0.1, -0.05) is 67.4 Å². The second-order valence-electron chi connectivity index (χ2n) is 7.67. The highest BCUT2D eigenvalue weighted by Gasteiger charge is 2.43. The molecule has 0 bridgehead atoms. The van der Waals surface area contributed by atoms with Crippen LogP contribution in [-0.2, 0) is 4.79 Å². The lowest BCUT2D eigenvalue weighted by Gasteiger charge is -2.39. The lowest BCUT2D eigenvalue weighted by molar-refractivity contribution is -0.129. The molecule has 1 amide bonds. The highest BCUT2D eigenvalue weighted by molar-refractivity contribution is 8.05. The fraction of sp³-hybridized carbons (Fsp3) is 0.348. The zero-order chi connectivity index (χ0) is 20.4. The number of anilines is 1. The Labute approximate surface area is 180 Å². The fourth-order valence-electron chi connectivity index (χ4n) is 4.15. The van der Waals surface area contributed by atoms with E-state index in [0.29, 0.717) is 15.8 Å². The van der Waals surface area contributed by atoms with Gasteiger partial charge in [0.1, 0.15) is 5.82 Å². The van der Waals surface area contributed by atoms with E-state index in [1.807, 2.05) is 35.2 Å². The summed E-state index contributed by atoms with van der Waals surface area (Å²) in [5.74, 6) is -0.0401. The number of hydrogen-bond acceptors (Lipinski definition) is 3. The van der Waals surface area contributed by atoms with Crippen LogP contribution in [0.3, 0.4) is 0 Å². The summed E-state index contributed by atoms with van der Waals surface area (Å²) in [6, 6.07) is 14.6. The average molecular weight is 431 g/mol. The van der Waals surface area contributed by atoms with Gasteiger partial charge < -0.3 is 10.2 Å². The number of nitrogens with zero attached hydrogens (tertiary/aromatic N) is 1. The van der Waals surface area contributed by atoms with Crippen LogP contribution in [0.25, 0.3) is 6.08 Å². The molecule has 1 saturated carbocycles. The molecule has 0 spiro atoms. The molecule has 0 aromatic heterocycles. The number of rotatable bonds is 4. The van der Waals surface area contributed by atoms with Crippen molar-refractivity contribution in [3.63, 3.8) is 0 Å². The van der Waals surface area contributed by atoms with E-state index < -0.39 is 5.82 Å². The zero-order valence-corrected chi connectivity index (χ0v) is 17.8. The van der Waals surface area contributed by atoms with Crippen LogP contribution in [-0.4, -0.2) is 22.3 Å². The van der Waals surface area contributed by atoms with E-state index >= 15 is 0 Å². The fourth-order valence-corrected chi connectivity index (χ4v) is 5.56. The summed E-state index contributed by atoms with van der Waals surface area (Å²) < 4.78 is 14.3. The van der Waals surface area contributed by atoms with Gasteiger partial charge in [-0.15, -0.1) is 0 Å². The van der Waals surface area contributed by atoms with E-state index in [4.69, 9.17) is 11.6 Å². The Balaban J connectivity index is 1.68. The van der Waals surface area contributed by atoms with Gasteiger partial charge in [-0.05, 0) is 49.1 Å². The van der Waals surface area contributed by atoms with Crippen molar-refractivity contribution in [1.82, 2.24) is 4.90 Å². The Bertz CT molecular complexity index is 900. The SMILES string of the molecule is C[C@@H]1CCCC[C@H]1N1C(=O)/C(=C/c2c(F)cccc2Cl)SC1Nc1ccccc1. The van der Waals surface area contributed by atoms with Crippen molar-refractivity contribution in [2.45, 2.75) is 44.1 Å². The second-order valence-corrected chi connectivity index (χ2v) is 9.20. The van der Waals surface area contributed by atoms with Crippen LogP contribution in [0.5, 0.6) is 0 Å². The van der Waals surface area contributed by atoms with E-state index in [1.54, 1.807) is 18.2 Å². The van der Waals surface area contributed by atoms with Crippen molar-refractivity contribution >= 4 is 41.0 Å². The molecule has 3 nitrogen and oxygen atoms in total. The Kier molecular flexibility index (Phi) is 6.16. The molecule has 2 fully saturated rings. The molecule has 2 aromatic carbocycles. The van der Waals surface area contributed by atoms with Gasteiger partial charge in [0.25, 0.3) is 5.91 Å². The summed E-state index contributed by atoms with van der Waals surface area (Å²) in [7, 11) is 0. The number of carbonyl (C=O) groups excluding carboxylic acids is 1. The van der Waals surface area contributed by atoms with E-state index in [-0.39, 0.29) is 23.0 Å². The minimum Gasteiger partial charge on any atom is -0.356 e. The van der Waals surface area contributed by atoms with Crippen LogP contribution >= 0.6 is 23.4 Å². The molecular weight excluding hydrogens is 407 g/mol. The van der Waals surface area contributed by atoms with Crippen LogP contribution in [0.4, 0.5) is 10.1 Å². The lowest BCUT2D eigenvalue weighted by atomic mass is 9.85. The number of hydrogen-bond donors (Lipinski definition) is 1. The van der Waals surface area contributed by atoms with Crippen molar-refractivity contribution in [2.75, 3.05) is 5.32 Å². The molecule has 1 aliphatic heterocycles. The number of para-hydroxylation sites is 1. The maximum Gasteiger partial charge on any atom is 0.262 e. The molecule has 1 saturated heterocycles. The van der Waals surface area contributed by atoms with E-state index in [2.05, 4.69) is 12.2 Å². The van der Waals surface area contributed by atoms with Crippen molar-refractivity contribution in [3.05, 3.63) is 69.8 Å². The van der Waals surface area contributed by atoms with Crippen molar-refractivity contribution < 1.29 is 9.18 Å². The van der Waals surface area contributed by atoms with Crippen molar-refractivity contribution in [3.8, 4) is 0 Å².